The highest BCUT2D eigenvalue weighted by atomic mass is 127. The van der Waals surface area contributed by atoms with Gasteiger partial charge in [0.2, 0.25) is 12.2 Å². The Labute approximate surface area is 198 Å². The zero-order valence-corrected chi connectivity index (χ0v) is 20.2. The average Bonchev–Trinajstić information content (AvgIpc) is 2.62. The maximum Gasteiger partial charge on any atom is 0.399 e. The lowest BCUT2D eigenvalue weighted by Gasteiger charge is -2.43. The van der Waals surface area contributed by atoms with Gasteiger partial charge in [-0.05, 0) is 0 Å². The Kier molecular flexibility index (Phi) is 9.43. The quantitative estimate of drug-likeness (QED) is 0.118. The molecule has 0 spiro atoms. The van der Waals surface area contributed by atoms with Gasteiger partial charge in [-0.2, -0.15) is 8.42 Å². The van der Waals surface area contributed by atoms with E-state index in [9.17, 15) is 33.3 Å². The minimum absolute atomic E-state index is 0.207. The van der Waals surface area contributed by atoms with Gasteiger partial charge in [-0.15, -0.1) is 0 Å². The molecular weight excluding hydrogens is 664 g/mol. The summed E-state index contributed by atoms with van der Waals surface area (Å²) in [7, 11) is -5.03. The van der Waals surface area contributed by atoms with Crippen molar-refractivity contribution in [3.8, 4) is 0 Å². The molecule has 2 aliphatic heterocycles. The molecule has 0 aliphatic carbocycles. The van der Waals surface area contributed by atoms with E-state index in [1.807, 2.05) is 0 Å². The lowest BCUT2D eigenvalue weighted by Crippen LogP contribution is -2.61. The summed E-state index contributed by atoms with van der Waals surface area (Å²) in [5, 5.41) is 32.1. The number of alkyl halides is 1. The topological polar surface area (TPSA) is 207 Å². The van der Waals surface area contributed by atoms with Gasteiger partial charge in [-0.25, -0.2) is 8.98 Å². The van der Waals surface area contributed by atoms with Gasteiger partial charge >= 0.3 is 16.4 Å². The van der Waals surface area contributed by atoms with Crippen LogP contribution in [-0.4, -0.2) is 93.4 Å². The molecule has 0 radical (unpaired) electrons. The fraction of sp³-hybridized carbons (Fsp3) is 0.846. The van der Waals surface area contributed by atoms with Crippen LogP contribution in [0.1, 0.15) is 13.3 Å². The Morgan fingerprint density at radius 2 is 1.77 bits per heavy atom. The van der Waals surface area contributed by atoms with Gasteiger partial charge in [-0.1, -0.05) is 22.6 Å². The molecule has 9 unspecified atom stereocenters. The van der Waals surface area contributed by atoms with Crippen LogP contribution in [0.15, 0.2) is 0 Å². The number of carboxylic acids is 1. The minimum atomic E-state index is -5.03. The van der Waals surface area contributed by atoms with E-state index in [-0.39, 0.29) is 6.42 Å². The van der Waals surface area contributed by atoms with Crippen LogP contribution in [0.4, 0.5) is 0 Å². The molecule has 30 heavy (non-hydrogen) atoms. The molecule has 2 rings (SSSR count). The highest BCUT2D eigenvalue weighted by Crippen LogP contribution is 2.32. The van der Waals surface area contributed by atoms with Crippen molar-refractivity contribution in [2.75, 3.05) is 0 Å². The minimum Gasteiger partial charge on any atom is -0.479 e. The molecule has 2 fully saturated rings. The van der Waals surface area contributed by atoms with Crippen molar-refractivity contribution < 1.29 is 59.3 Å². The van der Waals surface area contributed by atoms with Crippen molar-refractivity contribution >= 4 is 67.9 Å². The predicted octanol–water partition coefficient (Wildman–Crippen LogP) is -1.53. The fourth-order valence-corrected chi connectivity index (χ4v) is 4.68. The van der Waals surface area contributed by atoms with Crippen molar-refractivity contribution in [1.82, 2.24) is 5.32 Å². The van der Waals surface area contributed by atoms with E-state index < -0.39 is 75.5 Å². The van der Waals surface area contributed by atoms with Crippen molar-refractivity contribution in [3.05, 3.63) is 0 Å². The first-order valence-corrected chi connectivity index (χ1v) is 11.7. The molecule has 2 saturated heterocycles. The number of carboxylic acid groups (broad SMARTS) is 1. The standard InChI is InChI=1S/C13H19I2NO13S/c1-3(17)16-4-2-5(12(27-11(4)28-15)29-30(22,23)24)25-13-8(19)7(18)6(14)9(26-13)10(20)21/h4-9,11-13,18-19H,2H2,1H3,(H,16,17)(H,20,21)(H,22,23,24). The van der Waals surface area contributed by atoms with Gasteiger partial charge in [0.25, 0.3) is 0 Å². The third-order valence-corrected chi connectivity index (χ3v) is 6.48. The van der Waals surface area contributed by atoms with Crippen LogP contribution in [0.3, 0.4) is 0 Å². The summed E-state index contributed by atoms with van der Waals surface area (Å²) < 4.78 is 55.8. The number of ether oxygens (including phenoxy) is 3. The normalized spacial score (nSPS) is 40.0. The summed E-state index contributed by atoms with van der Waals surface area (Å²) >= 11 is 3.05. The number of nitrogens with one attached hydrogen (secondary N) is 1. The molecule has 0 bridgehead atoms. The molecule has 2 heterocycles. The zero-order valence-electron chi connectivity index (χ0n) is 15.0. The maximum absolute atomic E-state index is 11.4. The molecule has 0 saturated carbocycles. The van der Waals surface area contributed by atoms with Crippen molar-refractivity contribution in [1.29, 1.82) is 0 Å². The van der Waals surface area contributed by atoms with Crippen LogP contribution in [0.2, 0.25) is 0 Å². The first-order valence-electron chi connectivity index (χ1n) is 8.23. The van der Waals surface area contributed by atoms with Gasteiger partial charge in [-0.3, -0.25) is 12.4 Å². The molecule has 5 N–H and O–H groups in total. The van der Waals surface area contributed by atoms with Gasteiger partial charge in [0.15, 0.2) is 18.7 Å². The second kappa shape index (κ2) is 10.8. The Morgan fingerprint density at radius 1 is 1.13 bits per heavy atom. The number of carbonyl (C=O) groups excluding carboxylic acids is 1. The van der Waals surface area contributed by atoms with Crippen LogP contribution in [0, 0.1) is 0 Å². The molecule has 2 aliphatic rings. The number of carbonyl (C=O) groups is 2. The Balaban J connectivity index is 2.26. The van der Waals surface area contributed by atoms with Crippen molar-refractivity contribution in [2.45, 2.75) is 66.6 Å². The molecule has 9 atom stereocenters. The Hall–Kier alpha value is 0.0300. The molecule has 0 aromatic heterocycles. The summed E-state index contributed by atoms with van der Waals surface area (Å²) in [6, 6.07) is -0.871. The average molecular weight is 683 g/mol. The Morgan fingerprint density at radius 3 is 2.27 bits per heavy atom. The van der Waals surface area contributed by atoms with Crippen LogP contribution in [-0.2, 0) is 41.4 Å². The molecule has 0 aromatic carbocycles. The van der Waals surface area contributed by atoms with E-state index in [0.29, 0.717) is 0 Å². The zero-order chi connectivity index (χ0) is 22.8. The molecular formula is C13H19I2NO13S. The van der Waals surface area contributed by atoms with Crippen molar-refractivity contribution in [2.24, 2.45) is 0 Å². The number of aliphatic hydroxyl groups excluding tert-OH is 2. The monoisotopic (exact) mass is 683 g/mol. The summed E-state index contributed by atoms with van der Waals surface area (Å²) in [6.07, 6.45) is -11.1. The molecule has 17 heteroatoms. The number of hydrogen-bond donors (Lipinski definition) is 5. The summed E-state index contributed by atoms with van der Waals surface area (Å²) in [5.74, 6) is -1.90. The van der Waals surface area contributed by atoms with E-state index in [2.05, 4.69) is 9.50 Å². The van der Waals surface area contributed by atoms with Gasteiger partial charge in [0.1, 0.15) is 35.2 Å². The lowest BCUT2D eigenvalue weighted by atomic mass is 10.0. The highest BCUT2D eigenvalue weighted by Gasteiger charge is 2.50. The first-order chi connectivity index (χ1) is 13.8. The predicted molar refractivity (Wildman–Crippen MR) is 110 cm³/mol. The van der Waals surface area contributed by atoms with Gasteiger partial charge in [0.05, 0.1) is 16.1 Å². The first kappa shape index (κ1) is 26.3. The number of rotatable bonds is 7. The fourth-order valence-electron chi connectivity index (χ4n) is 2.89. The van der Waals surface area contributed by atoms with Crippen LogP contribution >= 0.6 is 45.6 Å². The highest BCUT2D eigenvalue weighted by molar-refractivity contribution is 14.1. The summed E-state index contributed by atoms with van der Waals surface area (Å²) in [6.45, 7) is 1.21. The second-order valence-electron chi connectivity index (χ2n) is 6.39. The number of aliphatic hydroxyl groups is 2. The number of hydrogen-bond acceptors (Lipinski definition) is 11. The second-order valence-corrected chi connectivity index (χ2v) is 9.39. The number of aliphatic carboxylic acids is 1. The van der Waals surface area contributed by atoms with Crippen LogP contribution < -0.4 is 5.32 Å². The SMILES string of the molecule is CC(=O)NC1CC(OC2OC(C(=O)O)C(I)C(O)C2O)C(OS(=O)(=O)O)OC1OI. The van der Waals surface area contributed by atoms with Gasteiger partial charge < -0.3 is 34.8 Å². The van der Waals surface area contributed by atoms with E-state index in [4.69, 9.17) is 21.8 Å². The molecule has 174 valence electrons. The van der Waals surface area contributed by atoms with Crippen molar-refractivity contribution in [3.63, 3.8) is 0 Å². The number of amides is 1. The van der Waals surface area contributed by atoms with E-state index >= 15 is 0 Å². The van der Waals surface area contributed by atoms with Gasteiger partial charge in [0, 0.05) is 13.3 Å². The molecule has 0 aromatic rings. The largest absolute Gasteiger partial charge is 0.479 e. The van der Waals surface area contributed by atoms with Crippen LogP contribution in [0.5, 0.6) is 0 Å². The summed E-state index contributed by atoms with van der Waals surface area (Å²) in [4.78, 5) is 22.8. The molecule has 14 nitrogen and oxygen atoms in total. The summed E-state index contributed by atoms with van der Waals surface area (Å²) in [5.41, 5.74) is 0. The molecule has 1 amide bonds. The van der Waals surface area contributed by atoms with Crippen LogP contribution in [0.25, 0.3) is 0 Å². The number of halogens is 2. The Bertz CT molecular complexity index is 739. The third kappa shape index (κ3) is 6.76. The lowest BCUT2D eigenvalue weighted by molar-refractivity contribution is -0.324. The van der Waals surface area contributed by atoms with E-state index in [1.165, 1.54) is 29.9 Å². The third-order valence-electron chi connectivity index (χ3n) is 4.16. The smallest absolute Gasteiger partial charge is 0.399 e. The maximum atomic E-state index is 11.4. The van der Waals surface area contributed by atoms with E-state index in [0.717, 1.165) is 0 Å². The van der Waals surface area contributed by atoms with E-state index in [1.54, 1.807) is 22.6 Å².